The number of carboxylic acids is 1. The fourth-order valence-corrected chi connectivity index (χ4v) is 13.0. The van der Waals surface area contributed by atoms with Gasteiger partial charge in [0, 0.05) is 30.3 Å². The van der Waals surface area contributed by atoms with Crippen molar-refractivity contribution in [1.82, 2.24) is 36.8 Å². The molecule has 18 N–H and O–H groups in total. The van der Waals surface area contributed by atoms with Crippen LogP contribution in [0.3, 0.4) is 0 Å². The summed E-state index contributed by atoms with van der Waals surface area (Å²) in [5.74, 6) is -17.9. The van der Waals surface area contributed by atoms with Gasteiger partial charge in [0.15, 0.2) is 17.5 Å². The van der Waals surface area contributed by atoms with E-state index in [0.29, 0.717) is 5.56 Å². The maximum Gasteiger partial charge on any atom is 0.410 e. The van der Waals surface area contributed by atoms with Crippen LogP contribution in [-0.2, 0) is 60.2 Å². The Hall–Kier alpha value is -11.1. The zero-order valence-corrected chi connectivity index (χ0v) is 56.4. The van der Waals surface area contributed by atoms with Gasteiger partial charge in [-0.1, -0.05) is 49.7 Å². The van der Waals surface area contributed by atoms with E-state index in [2.05, 4.69) is 31.9 Å². The van der Waals surface area contributed by atoms with Crippen molar-refractivity contribution < 1.29 is 123 Å². The average molecular weight is 1480 g/mol. The molecule has 0 radical (unpaired) electrons. The number of ether oxygens (including phenoxy) is 5. The molecule has 6 aromatic carbocycles. The van der Waals surface area contributed by atoms with Crippen molar-refractivity contribution in [2.75, 3.05) is 13.7 Å². The lowest BCUT2D eigenvalue weighted by Crippen LogP contribution is -2.60. The smallest absolute Gasteiger partial charge is 0.410 e. The maximum absolute atomic E-state index is 16.0. The van der Waals surface area contributed by atoms with Crippen molar-refractivity contribution in [2.45, 2.75) is 131 Å². The third-order valence-corrected chi connectivity index (χ3v) is 18.6. The Morgan fingerprint density at radius 3 is 1.98 bits per heavy atom. The summed E-state index contributed by atoms with van der Waals surface area (Å²) >= 11 is 6.98. The number of nitrogens with zero attached hydrogens (tertiary/aromatic N) is 2. The maximum atomic E-state index is 16.0. The number of hydrogen-bond donors (Lipinski definition) is 17. The highest BCUT2D eigenvalue weighted by Gasteiger charge is 2.49. The zero-order chi connectivity index (χ0) is 76.1. The summed E-state index contributed by atoms with van der Waals surface area (Å²) in [5, 5.41) is 139. The second kappa shape index (κ2) is 29.9. The number of carbonyl (C=O) groups is 9. The number of hydrogen-bond acceptors (Lipinski definition) is 25. The Morgan fingerprint density at radius 1 is 0.724 bits per heavy atom. The number of benzene rings is 6. The van der Waals surface area contributed by atoms with Gasteiger partial charge in [0.05, 0.1) is 23.0 Å². The molecule has 0 unspecified atom stereocenters. The van der Waals surface area contributed by atoms with Gasteiger partial charge in [0.25, 0.3) is 5.69 Å². The van der Waals surface area contributed by atoms with E-state index in [9.17, 15) is 85.2 Å². The van der Waals surface area contributed by atoms with Crippen LogP contribution in [0.25, 0.3) is 11.1 Å². The van der Waals surface area contributed by atoms with Crippen LogP contribution in [0.4, 0.5) is 10.5 Å². The quantitative estimate of drug-likeness (QED) is 0.0403. The number of nitro benzene ring substituents is 1. The van der Waals surface area contributed by atoms with E-state index in [-0.39, 0.29) is 62.7 Å². The minimum absolute atomic E-state index is 0.0873. The minimum Gasteiger partial charge on any atom is -0.508 e. The van der Waals surface area contributed by atoms with Gasteiger partial charge in [0.2, 0.25) is 59.2 Å². The van der Waals surface area contributed by atoms with Crippen LogP contribution >= 0.6 is 11.6 Å². The first-order valence-corrected chi connectivity index (χ1v) is 32.7. The first-order valence-electron chi connectivity index (χ1n) is 32.3. The highest BCUT2D eigenvalue weighted by Crippen LogP contribution is 2.52. The number of phenolic OH excluding ortho intramolecular Hbond substituents is 1. The van der Waals surface area contributed by atoms with Crippen LogP contribution in [0.1, 0.15) is 107 Å². The Balaban J connectivity index is 1.09. The standard InChI is InChI=1S/C69H70ClN9O26/c1-26(2)15-41(78(4)68(96)101-25-28-5-10-33(11-6-28)79(99)100)61(89)76-52-54(83)30-8-13-42(27(3)16-30)102-44-19-32-20-45(59(44)105-67-58(87)57(86)56(85)46(24-80)104-67)103-43-14-9-31(18-39(43)70)55(84)53-65(93)75-51(66(94)95)36-21-34(81)22-38-48(36)35-17-29(7-12-37(35)69(38,97)98)49(62(90)77-53)74-63(91)50(32)73-60(88)40(23-47(71)82)72-64(52)92/h5-14,16-22,26,40-41,46,49-58,67,80-81,83-87,97-98H,15,23-25H2,1-4H3,(H2,71,82)(H,72,92)(H,73,88)(H,74,91)(H,75,93)(H,76,89)(H,77,90)(H,94,95)/t40-,41+,46+,49+,50+,51-,52+,53-,54+,55+,56+,57-,58+,67-/m0/s1. The molecule has 1 aliphatic carbocycles. The van der Waals surface area contributed by atoms with Crippen LogP contribution in [0.5, 0.6) is 34.5 Å². The molecule has 6 aromatic rings. The highest BCUT2D eigenvalue weighted by molar-refractivity contribution is 6.32. The van der Waals surface area contributed by atoms with Gasteiger partial charge < -0.3 is 112 Å². The molecule has 0 spiro atoms. The fraction of sp³-hybridized carbons (Fsp3) is 0.348. The summed E-state index contributed by atoms with van der Waals surface area (Å²) < 4.78 is 30.7. The van der Waals surface area contributed by atoms with Crippen molar-refractivity contribution >= 4 is 70.7 Å². The number of aliphatic hydroxyl groups excluding tert-OH is 6. The van der Waals surface area contributed by atoms with E-state index in [1.165, 1.54) is 56.4 Å². The van der Waals surface area contributed by atoms with E-state index in [1.807, 2.05) is 0 Å². The molecule has 8 amide bonds. The van der Waals surface area contributed by atoms with Gasteiger partial charge in [-0.2, -0.15) is 0 Å². The number of nitro groups is 1. The van der Waals surface area contributed by atoms with Crippen molar-refractivity contribution in [3.8, 4) is 45.6 Å². The fourth-order valence-electron chi connectivity index (χ4n) is 12.8. The molecular formula is C69H70ClN9O26. The van der Waals surface area contributed by atoms with E-state index >= 15 is 19.2 Å². The molecule has 6 heterocycles. The van der Waals surface area contributed by atoms with Crippen LogP contribution < -0.4 is 51.8 Å². The number of aryl methyl sites for hydroxylation is 1. The molecule has 36 heteroatoms. The molecule has 35 nitrogen and oxygen atoms in total. The molecule has 6 aliphatic heterocycles. The summed E-state index contributed by atoms with van der Waals surface area (Å²) in [6, 6.07) is 4.31. The Labute approximate surface area is 598 Å². The molecule has 1 fully saturated rings. The molecule has 14 atom stereocenters. The van der Waals surface area contributed by atoms with Crippen LogP contribution in [-0.4, -0.2) is 183 Å². The Morgan fingerprint density at radius 2 is 1.35 bits per heavy atom. The first kappa shape index (κ1) is 75.1. The number of non-ortho nitro benzene ring substituents is 1. The lowest BCUT2D eigenvalue weighted by Gasteiger charge is -2.39. The predicted molar refractivity (Wildman–Crippen MR) is 356 cm³/mol. The monoisotopic (exact) mass is 1480 g/mol. The number of halogens is 1. The SMILES string of the molecule is Cc1cc2ccc1Oc1cc3cc(c1O[C@@H]1O[C@H](CO)[C@@H](O)[C@H](O)[C@H]1O)Oc1ccc(cc1Cl)[C@@H](O)[C@@H]1NC(=O)[C@H](NC(=O)[C@@H]3NC(=O)[C@H](CC(N)=O)NC(=O)[C@H](NC(=O)[C@@H](CC(C)C)N(C)C(=O)OCc3ccc([N+](=O)[O-])cc3)[C@@H]2O)c2ccc3c(c2)-c2c(cc(O)cc2C3(O)O)[C@@H](C(=O)O)NC1=O. The lowest BCUT2D eigenvalue weighted by molar-refractivity contribution is -0.384. The number of carboxylic acid groups (broad SMARTS) is 1. The number of likely N-dealkylation sites (N-methyl/N-ethyl adjacent to an activating group) is 1. The van der Waals surface area contributed by atoms with Gasteiger partial charge in [-0.25, -0.2) is 9.59 Å². The lowest BCUT2D eigenvalue weighted by atomic mass is 9.90. The normalized spacial score (nSPS) is 25.0. The molecule has 0 saturated carbocycles. The van der Waals surface area contributed by atoms with Crippen molar-refractivity contribution in [3.05, 3.63) is 168 Å². The average Bonchev–Trinajstić information content (AvgIpc) is 1.56. The molecule has 11 bridgehead atoms. The summed E-state index contributed by atoms with van der Waals surface area (Å²) in [7, 11) is 1.20. The second-order valence-corrected chi connectivity index (χ2v) is 26.4. The number of fused-ring (bicyclic) bond motifs is 12. The van der Waals surface area contributed by atoms with E-state index in [0.717, 1.165) is 65.6 Å². The Kier molecular flexibility index (Phi) is 21.4. The van der Waals surface area contributed by atoms with Gasteiger partial charge in [0.1, 0.15) is 96.7 Å². The number of nitrogens with one attached hydrogen (secondary N) is 6. The number of aromatic hydroxyl groups is 1. The molecular weight excluding hydrogens is 1410 g/mol. The molecule has 7 aliphatic rings. The molecule has 554 valence electrons. The van der Waals surface area contributed by atoms with Gasteiger partial charge >= 0.3 is 12.1 Å². The van der Waals surface area contributed by atoms with Gasteiger partial charge in [-0.3, -0.25) is 48.6 Å². The number of aliphatic carboxylic acids is 1. The summed E-state index contributed by atoms with van der Waals surface area (Å²) in [6.45, 7) is 3.44. The van der Waals surface area contributed by atoms with Gasteiger partial charge in [-0.15, -0.1) is 0 Å². The third kappa shape index (κ3) is 15.2. The largest absolute Gasteiger partial charge is 0.508 e. The summed E-state index contributed by atoms with van der Waals surface area (Å²) in [5.41, 5.74) is 2.88. The number of aliphatic hydroxyl groups is 8. The second-order valence-electron chi connectivity index (χ2n) is 26.0. The molecule has 13 rings (SSSR count). The minimum atomic E-state index is -3.03. The van der Waals surface area contributed by atoms with Crippen molar-refractivity contribution in [1.29, 1.82) is 0 Å². The van der Waals surface area contributed by atoms with E-state index in [4.69, 9.17) is 41.0 Å². The van der Waals surface area contributed by atoms with Crippen LogP contribution in [0, 0.1) is 23.0 Å². The van der Waals surface area contributed by atoms with E-state index < -0.39 is 219 Å². The summed E-state index contributed by atoms with van der Waals surface area (Å²) in [4.78, 5) is 144. The number of phenols is 1. The number of carbonyl (C=O) groups excluding carboxylic acids is 8. The number of nitrogens with two attached hydrogens (primary N) is 1. The van der Waals surface area contributed by atoms with Crippen LogP contribution in [0.2, 0.25) is 5.02 Å². The molecule has 0 aromatic heterocycles. The molecule has 1 saturated heterocycles. The van der Waals surface area contributed by atoms with Crippen LogP contribution in [0.15, 0.2) is 103 Å². The van der Waals surface area contributed by atoms with Crippen molar-refractivity contribution in [3.63, 3.8) is 0 Å². The predicted octanol–water partition coefficient (Wildman–Crippen LogP) is 0.569. The molecule has 105 heavy (non-hydrogen) atoms. The third-order valence-electron chi connectivity index (χ3n) is 18.3. The Bertz CT molecular complexity index is 4520. The van der Waals surface area contributed by atoms with E-state index in [1.54, 1.807) is 13.8 Å². The topological polar surface area (TPSA) is 547 Å². The number of primary amides is 1. The highest BCUT2D eigenvalue weighted by atomic mass is 35.5. The van der Waals surface area contributed by atoms with Crippen molar-refractivity contribution in [2.24, 2.45) is 11.7 Å². The zero-order valence-electron chi connectivity index (χ0n) is 55.7. The van der Waals surface area contributed by atoms with Gasteiger partial charge in [-0.05, 0) is 136 Å². The summed E-state index contributed by atoms with van der Waals surface area (Å²) in [6.07, 6.45) is -16.6. The first-order chi connectivity index (χ1) is 49.6. The number of rotatable bonds is 14. The number of amides is 8.